The molecule has 2 aromatic carbocycles. The summed E-state index contributed by atoms with van der Waals surface area (Å²) in [5, 5.41) is 2.44. The summed E-state index contributed by atoms with van der Waals surface area (Å²) in [6.07, 6.45) is 0.537. The van der Waals surface area contributed by atoms with Gasteiger partial charge in [-0.1, -0.05) is 12.1 Å². The van der Waals surface area contributed by atoms with E-state index in [0.717, 1.165) is 12.1 Å². The lowest BCUT2D eigenvalue weighted by molar-refractivity contribution is -0.130. The smallest absolute Gasteiger partial charge is 0.256 e. The summed E-state index contributed by atoms with van der Waals surface area (Å²) in [6.45, 7) is 1.38. The molecule has 0 aliphatic carbocycles. The molecule has 0 saturated carbocycles. The molecule has 31 heavy (non-hydrogen) atoms. The lowest BCUT2D eigenvalue weighted by Gasteiger charge is -2.22. The number of benzene rings is 2. The Morgan fingerprint density at radius 2 is 1.55 bits per heavy atom. The third kappa shape index (κ3) is 5.62. The molecule has 0 aromatic heterocycles. The summed E-state index contributed by atoms with van der Waals surface area (Å²) < 4.78 is 40.5. The Morgan fingerprint density at radius 1 is 0.839 bits per heavy atom. The Hall–Kier alpha value is -3.36. The number of halogens is 3. The lowest BCUT2D eigenvalue weighted by atomic mass is 10.2. The molecule has 1 saturated heterocycles. The largest absolute Gasteiger partial charge is 0.351 e. The van der Waals surface area contributed by atoms with E-state index in [0.29, 0.717) is 32.1 Å². The number of hydrogen-bond acceptors (Lipinski definition) is 3. The molecule has 3 rings (SSSR count). The first-order valence-electron chi connectivity index (χ1n) is 9.91. The molecule has 1 N–H and O–H groups in total. The van der Waals surface area contributed by atoms with Crippen molar-refractivity contribution < 1.29 is 27.6 Å². The van der Waals surface area contributed by atoms with Crippen LogP contribution in [0.1, 0.15) is 33.6 Å². The fraction of sp³-hybridized carbons (Fsp3) is 0.318. The second-order valence-corrected chi connectivity index (χ2v) is 7.14. The second-order valence-electron chi connectivity index (χ2n) is 7.14. The predicted octanol–water partition coefficient (Wildman–Crippen LogP) is 2.60. The van der Waals surface area contributed by atoms with E-state index in [1.807, 2.05) is 0 Å². The summed E-state index contributed by atoms with van der Waals surface area (Å²) in [5.41, 5.74) is -0.302. The van der Waals surface area contributed by atoms with Gasteiger partial charge in [-0.2, -0.15) is 0 Å². The van der Waals surface area contributed by atoms with E-state index in [9.17, 15) is 27.6 Å². The summed E-state index contributed by atoms with van der Waals surface area (Å²) in [5.74, 6) is -3.72. The summed E-state index contributed by atoms with van der Waals surface area (Å²) >= 11 is 0. The molecule has 1 aliphatic heterocycles. The molecule has 164 valence electrons. The first-order valence-corrected chi connectivity index (χ1v) is 9.91. The topological polar surface area (TPSA) is 69.7 Å². The van der Waals surface area contributed by atoms with Crippen LogP contribution in [0.15, 0.2) is 42.5 Å². The number of nitrogens with zero attached hydrogens (tertiary/aromatic N) is 2. The maximum Gasteiger partial charge on any atom is 0.256 e. The molecule has 0 radical (unpaired) electrons. The second kappa shape index (κ2) is 10.1. The number of amides is 3. The van der Waals surface area contributed by atoms with Crippen molar-refractivity contribution >= 4 is 17.7 Å². The Morgan fingerprint density at radius 3 is 2.29 bits per heavy atom. The minimum atomic E-state index is -0.976. The third-order valence-electron chi connectivity index (χ3n) is 5.04. The molecule has 0 spiro atoms. The first kappa shape index (κ1) is 22.3. The molecule has 1 heterocycles. The van der Waals surface area contributed by atoms with Gasteiger partial charge in [-0.15, -0.1) is 0 Å². The van der Waals surface area contributed by atoms with Crippen LogP contribution in [-0.2, 0) is 4.79 Å². The van der Waals surface area contributed by atoms with Crippen LogP contribution in [0.25, 0.3) is 0 Å². The van der Waals surface area contributed by atoms with Gasteiger partial charge >= 0.3 is 0 Å². The molecule has 0 atom stereocenters. The molecule has 1 fully saturated rings. The minimum Gasteiger partial charge on any atom is -0.351 e. The van der Waals surface area contributed by atoms with Crippen LogP contribution in [-0.4, -0.2) is 60.2 Å². The molecule has 0 unspecified atom stereocenters. The normalized spacial score (nSPS) is 14.2. The van der Waals surface area contributed by atoms with Crippen molar-refractivity contribution in [1.82, 2.24) is 15.1 Å². The van der Waals surface area contributed by atoms with Crippen LogP contribution in [0.3, 0.4) is 0 Å². The summed E-state index contributed by atoms with van der Waals surface area (Å²) in [6, 6.07) is 8.40. The quantitative estimate of drug-likeness (QED) is 0.788. The molecule has 3 amide bonds. The molecule has 6 nitrogen and oxygen atoms in total. The van der Waals surface area contributed by atoms with Gasteiger partial charge in [0.05, 0.1) is 11.1 Å². The van der Waals surface area contributed by atoms with E-state index in [-0.39, 0.29) is 36.5 Å². The van der Waals surface area contributed by atoms with Gasteiger partial charge in [-0.05, 0) is 30.7 Å². The van der Waals surface area contributed by atoms with Gasteiger partial charge in [-0.3, -0.25) is 14.4 Å². The van der Waals surface area contributed by atoms with Crippen molar-refractivity contribution in [3.8, 4) is 0 Å². The zero-order chi connectivity index (χ0) is 22.4. The molecule has 2 aromatic rings. The van der Waals surface area contributed by atoms with Gasteiger partial charge in [0.25, 0.3) is 11.8 Å². The summed E-state index contributed by atoms with van der Waals surface area (Å²) in [7, 11) is 0. The van der Waals surface area contributed by atoms with Crippen molar-refractivity contribution in [1.29, 1.82) is 0 Å². The van der Waals surface area contributed by atoms with E-state index >= 15 is 0 Å². The van der Waals surface area contributed by atoms with Gasteiger partial charge in [0, 0.05) is 45.2 Å². The highest BCUT2D eigenvalue weighted by molar-refractivity contribution is 5.95. The van der Waals surface area contributed by atoms with E-state index in [1.165, 1.54) is 23.1 Å². The van der Waals surface area contributed by atoms with E-state index in [4.69, 9.17) is 0 Å². The SMILES string of the molecule is O=C(NCCC(=O)N1CCCN(C(=O)c2ccccc2F)CC1)c1ccc(F)cc1F. The predicted molar refractivity (Wildman–Crippen MR) is 107 cm³/mol. The summed E-state index contributed by atoms with van der Waals surface area (Å²) in [4.78, 5) is 40.1. The zero-order valence-corrected chi connectivity index (χ0v) is 16.7. The van der Waals surface area contributed by atoms with Crippen LogP contribution in [0.4, 0.5) is 13.2 Å². The van der Waals surface area contributed by atoms with Gasteiger partial charge in [0.15, 0.2) is 0 Å². The highest BCUT2D eigenvalue weighted by Gasteiger charge is 2.24. The van der Waals surface area contributed by atoms with Crippen LogP contribution in [0, 0.1) is 17.5 Å². The highest BCUT2D eigenvalue weighted by Crippen LogP contribution is 2.13. The van der Waals surface area contributed by atoms with Crippen LogP contribution in [0.2, 0.25) is 0 Å². The van der Waals surface area contributed by atoms with E-state index in [1.54, 1.807) is 11.0 Å². The minimum absolute atomic E-state index is 0.00184. The monoisotopic (exact) mass is 433 g/mol. The maximum atomic E-state index is 13.9. The maximum absolute atomic E-state index is 13.9. The van der Waals surface area contributed by atoms with Gasteiger partial charge in [0.2, 0.25) is 5.91 Å². The van der Waals surface area contributed by atoms with Crippen LogP contribution >= 0.6 is 0 Å². The van der Waals surface area contributed by atoms with Gasteiger partial charge in [0.1, 0.15) is 17.5 Å². The molecular formula is C22H22F3N3O3. The van der Waals surface area contributed by atoms with Crippen molar-refractivity contribution in [2.24, 2.45) is 0 Å². The fourth-order valence-corrected chi connectivity index (χ4v) is 3.38. The first-order chi connectivity index (χ1) is 14.9. The van der Waals surface area contributed by atoms with Crippen molar-refractivity contribution in [2.75, 3.05) is 32.7 Å². The Kier molecular flexibility index (Phi) is 7.28. The number of nitrogens with one attached hydrogen (secondary N) is 1. The van der Waals surface area contributed by atoms with Crippen LogP contribution in [0.5, 0.6) is 0 Å². The van der Waals surface area contributed by atoms with E-state index in [2.05, 4.69) is 5.32 Å². The van der Waals surface area contributed by atoms with Crippen molar-refractivity contribution in [3.63, 3.8) is 0 Å². The molecule has 1 aliphatic rings. The zero-order valence-electron chi connectivity index (χ0n) is 16.7. The molecule has 9 heteroatoms. The van der Waals surface area contributed by atoms with Gasteiger partial charge < -0.3 is 15.1 Å². The molecular weight excluding hydrogens is 411 g/mol. The third-order valence-corrected chi connectivity index (χ3v) is 5.04. The number of carbonyl (C=O) groups excluding carboxylic acids is 3. The number of rotatable bonds is 5. The molecule has 0 bridgehead atoms. The van der Waals surface area contributed by atoms with E-state index < -0.39 is 29.3 Å². The Labute approximate surface area is 177 Å². The van der Waals surface area contributed by atoms with Crippen molar-refractivity contribution in [2.45, 2.75) is 12.8 Å². The van der Waals surface area contributed by atoms with Crippen LogP contribution < -0.4 is 5.32 Å². The number of carbonyl (C=O) groups is 3. The standard InChI is InChI=1S/C22H22F3N3O3/c23-15-6-7-16(19(25)14-15)21(30)26-9-8-20(29)27-10-3-11-28(13-12-27)22(31)17-4-1-2-5-18(17)24/h1-2,4-7,14H,3,8-13H2,(H,26,30). The average molecular weight is 433 g/mol. The Balaban J connectivity index is 1.49. The fourth-order valence-electron chi connectivity index (χ4n) is 3.38. The lowest BCUT2D eigenvalue weighted by Crippen LogP contribution is -2.38. The number of hydrogen-bond donors (Lipinski definition) is 1. The average Bonchev–Trinajstić information content (AvgIpc) is 3.00. The highest BCUT2D eigenvalue weighted by atomic mass is 19.1. The Bertz CT molecular complexity index is 983. The van der Waals surface area contributed by atoms with Crippen molar-refractivity contribution in [3.05, 3.63) is 71.0 Å². The van der Waals surface area contributed by atoms with Gasteiger partial charge in [-0.25, -0.2) is 13.2 Å².